The molecule has 0 saturated heterocycles. The maximum absolute atomic E-state index is 13.9. The molecular weight excluding hydrogens is 293 g/mol. The van der Waals surface area contributed by atoms with E-state index >= 15 is 0 Å². The number of carboxylic acid groups (broad SMARTS) is 1. The summed E-state index contributed by atoms with van der Waals surface area (Å²) in [4.78, 5) is 22.5. The number of hydrogen-bond donors (Lipinski definition) is 3. The molecule has 1 aromatic carbocycles. The van der Waals surface area contributed by atoms with Gasteiger partial charge in [-0.05, 0) is 19.1 Å². The van der Waals surface area contributed by atoms with Crippen molar-refractivity contribution in [3.63, 3.8) is 0 Å². The standard InChI is InChI=1S/C12H9ClFNO5/c1-12(6-3-2-5(13)4-7(6)14)9(17)8(16)10(20-12)15-11(18)19/h2-4,15-16H,1H3,(H,18,19). The van der Waals surface area contributed by atoms with Crippen LogP contribution in [0.2, 0.25) is 5.02 Å². The number of nitrogens with one attached hydrogen (secondary N) is 1. The highest BCUT2D eigenvalue weighted by Gasteiger charge is 2.49. The minimum Gasteiger partial charge on any atom is -0.501 e. The number of amides is 1. The number of carbonyl (C=O) groups is 2. The Bertz CT molecular complexity index is 645. The number of halogens is 2. The van der Waals surface area contributed by atoms with Crippen LogP contribution in [0.15, 0.2) is 29.8 Å². The van der Waals surface area contributed by atoms with E-state index in [1.54, 1.807) is 5.32 Å². The zero-order chi connectivity index (χ0) is 15.1. The van der Waals surface area contributed by atoms with Crippen molar-refractivity contribution in [2.24, 2.45) is 0 Å². The molecule has 3 N–H and O–H groups in total. The van der Waals surface area contributed by atoms with Gasteiger partial charge in [0, 0.05) is 10.6 Å². The number of hydrogen-bond acceptors (Lipinski definition) is 4. The predicted molar refractivity (Wildman–Crippen MR) is 65.7 cm³/mol. The van der Waals surface area contributed by atoms with Gasteiger partial charge in [0.05, 0.1) is 0 Å². The number of ether oxygens (including phenoxy) is 1. The molecule has 1 aliphatic heterocycles. The van der Waals surface area contributed by atoms with Crippen molar-refractivity contribution in [3.8, 4) is 0 Å². The largest absolute Gasteiger partial charge is 0.501 e. The van der Waals surface area contributed by atoms with Gasteiger partial charge in [0.15, 0.2) is 0 Å². The summed E-state index contributed by atoms with van der Waals surface area (Å²) in [6.45, 7) is 1.22. The van der Waals surface area contributed by atoms with Crippen LogP contribution in [-0.4, -0.2) is 22.1 Å². The van der Waals surface area contributed by atoms with Crippen molar-refractivity contribution in [1.29, 1.82) is 0 Å². The second kappa shape index (κ2) is 4.68. The van der Waals surface area contributed by atoms with Gasteiger partial charge in [0.25, 0.3) is 5.78 Å². The Kier molecular flexibility index (Phi) is 3.31. The minimum atomic E-state index is -1.86. The van der Waals surface area contributed by atoms with Crippen molar-refractivity contribution in [3.05, 3.63) is 46.2 Å². The fraction of sp³-hybridized carbons (Fsp3) is 0.167. The molecule has 0 aliphatic carbocycles. The van der Waals surface area contributed by atoms with E-state index in [0.717, 1.165) is 6.07 Å². The molecule has 106 valence electrons. The van der Waals surface area contributed by atoms with Gasteiger partial charge >= 0.3 is 6.09 Å². The smallest absolute Gasteiger partial charge is 0.411 e. The van der Waals surface area contributed by atoms with E-state index in [2.05, 4.69) is 0 Å². The van der Waals surface area contributed by atoms with Gasteiger partial charge in [-0.15, -0.1) is 0 Å². The molecule has 2 rings (SSSR count). The van der Waals surface area contributed by atoms with Crippen LogP contribution < -0.4 is 5.32 Å². The number of Topliss-reactive ketones (excluding diaryl/α,β-unsaturated/α-hetero) is 1. The number of ketones is 1. The maximum atomic E-state index is 13.9. The lowest BCUT2D eigenvalue weighted by Gasteiger charge is -2.23. The monoisotopic (exact) mass is 301 g/mol. The third-order valence-corrected chi connectivity index (χ3v) is 3.07. The van der Waals surface area contributed by atoms with Crippen molar-refractivity contribution >= 4 is 23.5 Å². The average Bonchev–Trinajstić information content (AvgIpc) is 2.54. The molecule has 20 heavy (non-hydrogen) atoms. The molecule has 1 heterocycles. The summed E-state index contributed by atoms with van der Waals surface area (Å²) in [5.41, 5.74) is -2.03. The van der Waals surface area contributed by atoms with E-state index in [0.29, 0.717) is 0 Å². The van der Waals surface area contributed by atoms with E-state index in [1.807, 2.05) is 0 Å². The summed E-state index contributed by atoms with van der Waals surface area (Å²) in [6.07, 6.45) is -1.53. The van der Waals surface area contributed by atoms with E-state index in [4.69, 9.17) is 21.4 Å². The van der Waals surface area contributed by atoms with Gasteiger partial charge in [-0.3, -0.25) is 10.1 Å². The lowest BCUT2D eigenvalue weighted by atomic mass is 9.91. The normalized spacial score (nSPS) is 21.9. The van der Waals surface area contributed by atoms with Gasteiger partial charge in [-0.1, -0.05) is 17.7 Å². The Labute approximate surface area is 117 Å². The van der Waals surface area contributed by atoms with Crippen LogP contribution in [0.1, 0.15) is 12.5 Å². The summed E-state index contributed by atoms with van der Waals surface area (Å²) >= 11 is 5.62. The SMILES string of the molecule is CC1(c2ccc(Cl)cc2F)OC(NC(=O)O)=C(O)C1=O. The first-order chi connectivity index (χ1) is 9.25. The number of rotatable bonds is 2. The van der Waals surface area contributed by atoms with Gasteiger partial charge in [0.2, 0.25) is 17.2 Å². The Morgan fingerprint density at radius 2 is 2.15 bits per heavy atom. The highest BCUT2D eigenvalue weighted by Crippen LogP contribution is 2.38. The van der Waals surface area contributed by atoms with Gasteiger partial charge in [-0.25, -0.2) is 9.18 Å². The van der Waals surface area contributed by atoms with Gasteiger partial charge in [-0.2, -0.15) is 0 Å². The number of aliphatic hydroxyl groups is 1. The number of carbonyl (C=O) groups excluding carboxylic acids is 1. The van der Waals surface area contributed by atoms with Crippen molar-refractivity contribution in [2.75, 3.05) is 0 Å². The first-order valence-electron chi connectivity index (χ1n) is 5.38. The lowest BCUT2D eigenvalue weighted by molar-refractivity contribution is -0.132. The van der Waals surface area contributed by atoms with Crippen LogP contribution in [0.25, 0.3) is 0 Å². The Morgan fingerprint density at radius 3 is 2.70 bits per heavy atom. The maximum Gasteiger partial charge on any atom is 0.411 e. The highest BCUT2D eigenvalue weighted by molar-refractivity contribution is 6.30. The van der Waals surface area contributed by atoms with Crippen LogP contribution in [0.3, 0.4) is 0 Å². The van der Waals surface area contributed by atoms with E-state index < -0.39 is 34.9 Å². The molecule has 6 nitrogen and oxygen atoms in total. The third kappa shape index (κ3) is 2.16. The summed E-state index contributed by atoms with van der Waals surface area (Å²) in [5.74, 6) is -3.32. The lowest BCUT2D eigenvalue weighted by Crippen LogP contribution is -2.33. The minimum absolute atomic E-state index is 0.126. The topological polar surface area (TPSA) is 95.9 Å². The third-order valence-electron chi connectivity index (χ3n) is 2.84. The van der Waals surface area contributed by atoms with Crippen LogP contribution in [0.5, 0.6) is 0 Å². The summed E-state index contributed by atoms with van der Waals surface area (Å²) in [6, 6.07) is 3.56. The summed E-state index contributed by atoms with van der Waals surface area (Å²) < 4.78 is 19.0. The van der Waals surface area contributed by atoms with Gasteiger partial charge in [0.1, 0.15) is 5.82 Å². The molecule has 1 unspecified atom stereocenters. The fourth-order valence-electron chi connectivity index (χ4n) is 1.86. The predicted octanol–water partition coefficient (Wildman–Crippen LogP) is 2.29. The van der Waals surface area contributed by atoms with Crippen LogP contribution in [0, 0.1) is 5.82 Å². The highest BCUT2D eigenvalue weighted by atomic mass is 35.5. The molecule has 0 saturated carbocycles. The molecule has 0 spiro atoms. The summed E-state index contributed by atoms with van der Waals surface area (Å²) in [7, 11) is 0. The zero-order valence-electron chi connectivity index (χ0n) is 10.1. The van der Waals surface area contributed by atoms with Crippen LogP contribution in [0.4, 0.5) is 9.18 Å². The molecule has 8 heteroatoms. The first-order valence-corrected chi connectivity index (χ1v) is 5.76. The van der Waals surface area contributed by atoms with Crippen molar-refractivity contribution in [1.82, 2.24) is 5.32 Å². The Hall–Kier alpha value is -2.28. The molecule has 0 radical (unpaired) electrons. The zero-order valence-corrected chi connectivity index (χ0v) is 10.9. The fourth-order valence-corrected chi connectivity index (χ4v) is 2.02. The van der Waals surface area contributed by atoms with E-state index in [-0.39, 0.29) is 10.6 Å². The van der Waals surface area contributed by atoms with E-state index in [9.17, 15) is 19.1 Å². The first kappa shape index (κ1) is 14.1. The summed E-state index contributed by atoms with van der Waals surface area (Å²) in [5, 5.41) is 20.0. The molecule has 0 bridgehead atoms. The molecule has 1 aliphatic rings. The van der Waals surface area contributed by atoms with Gasteiger partial charge < -0.3 is 14.9 Å². The average molecular weight is 302 g/mol. The second-order valence-electron chi connectivity index (χ2n) is 4.20. The van der Waals surface area contributed by atoms with Crippen molar-refractivity contribution < 1.29 is 28.9 Å². The molecule has 1 aromatic rings. The van der Waals surface area contributed by atoms with E-state index in [1.165, 1.54) is 19.1 Å². The Balaban J connectivity index is 2.43. The number of aliphatic hydroxyl groups excluding tert-OH is 1. The quantitative estimate of drug-likeness (QED) is 0.779. The molecule has 0 aromatic heterocycles. The molecule has 1 amide bonds. The molecule has 0 fully saturated rings. The molecular formula is C12H9ClFNO5. The molecule has 1 atom stereocenters. The van der Waals surface area contributed by atoms with Crippen LogP contribution in [-0.2, 0) is 15.1 Å². The Morgan fingerprint density at radius 1 is 1.50 bits per heavy atom. The van der Waals surface area contributed by atoms with Crippen LogP contribution >= 0.6 is 11.6 Å². The second-order valence-corrected chi connectivity index (χ2v) is 4.63. The number of benzene rings is 1. The van der Waals surface area contributed by atoms with Crippen molar-refractivity contribution in [2.45, 2.75) is 12.5 Å².